The van der Waals surface area contributed by atoms with Crippen molar-refractivity contribution in [2.24, 2.45) is 5.41 Å². The van der Waals surface area contributed by atoms with Gasteiger partial charge in [0.15, 0.2) is 0 Å². The summed E-state index contributed by atoms with van der Waals surface area (Å²) >= 11 is 0. The van der Waals surface area contributed by atoms with E-state index in [9.17, 15) is 4.79 Å². The molecule has 0 radical (unpaired) electrons. The van der Waals surface area contributed by atoms with Crippen molar-refractivity contribution in [2.45, 2.75) is 51.4 Å². The summed E-state index contributed by atoms with van der Waals surface area (Å²) < 4.78 is 0. The first-order chi connectivity index (χ1) is 10.2. The van der Waals surface area contributed by atoms with E-state index >= 15 is 0 Å². The molecule has 2 N–H and O–H groups in total. The van der Waals surface area contributed by atoms with Crippen LogP contribution in [0.1, 0.15) is 50.5 Å². The van der Waals surface area contributed by atoms with E-state index in [4.69, 9.17) is 5.73 Å². The second kappa shape index (κ2) is 7.36. The van der Waals surface area contributed by atoms with Crippen molar-refractivity contribution < 1.29 is 4.79 Å². The monoisotopic (exact) mass is 322 g/mol. The molecule has 4 heteroatoms. The minimum absolute atomic E-state index is 0. The molecule has 1 aromatic rings. The number of hydrogen-bond acceptors (Lipinski definition) is 2. The standard InChI is InChI=1S/C18H26N2O.ClH/c19-16-7-3-2-6-15(16)8-9-17(21)20-13-12-18(14-20)10-4-1-5-11-18;/h2-3,6-7H,1,4-5,8-14,19H2;1H. The van der Waals surface area contributed by atoms with Crippen molar-refractivity contribution in [2.75, 3.05) is 18.8 Å². The van der Waals surface area contributed by atoms with Crippen molar-refractivity contribution in [1.82, 2.24) is 4.90 Å². The van der Waals surface area contributed by atoms with Gasteiger partial charge < -0.3 is 10.6 Å². The van der Waals surface area contributed by atoms with E-state index < -0.39 is 0 Å². The van der Waals surface area contributed by atoms with Crippen LogP contribution in [0.15, 0.2) is 24.3 Å². The van der Waals surface area contributed by atoms with Crippen molar-refractivity contribution in [3.05, 3.63) is 29.8 Å². The van der Waals surface area contributed by atoms with Crippen molar-refractivity contribution >= 4 is 24.0 Å². The molecule has 1 aromatic carbocycles. The van der Waals surface area contributed by atoms with Gasteiger partial charge in [-0.15, -0.1) is 12.4 Å². The van der Waals surface area contributed by atoms with E-state index in [-0.39, 0.29) is 12.4 Å². The topological polar surface area (TPSA) is 46.3 Å². The molecule has 2 fully saturated rings. The van der Waals surface area contributed by atoms with Crippen LogP contribution in [0.25, 0.3) is 0 Å². The summed E-state index contributed by atoms with van der Waals surface area (Å²) in [5.74, 6) is 0.306. The van der Waals surface area contributed by atoms with Crippen LogP contribution < -0.4 is 5.73 Å². The molecule has 3 rings (SSSR count). The van der Waals surface area contributed by atoms with Gasteiger partial charge in [-0.2, -0.15) is 0 Å². The molecule has 122 valence electrons. The Morgan fingerprint density at radius 2 is 1.86 bits per heavy atom. The van der Waals surface area contributed by atoms with Crippen LogP contribution in [0.5, 0.6) is 0 Å². The van der Waals surface area contributed by atoms with Crippen molar-refractivity contribution in [3.63, 3.8) is 0 Å². The Kier molecular flexibility index (Phi) is 5.74. The van der Waals surface area contributed by atoms with Crippen LogP contribution in [0, 0.1) is 5.41 Å². The molecule has 1 saturated carbocycles. The summed E-state index contributed by atoms with van der Waals surface area (Å²) in [6.07, 6.45) is 9.28. The number of para-hydroxylation sites is 1. The Morgan fingerprint density at radius 1 is 1.14 bits per heavy atom. The van der Waals surface area contributed by atoms with E-state index in [1.165, 1.54) is 38.5 Å². The third kappa shape index (κ3) is 3.75. The predicted molar refractivity (Wildman–Crippen MR) is 93.1 cm³/mol. The molecule has 1 aliphatic heterocycles. The third-order valence-corrected chi connectivity index (χ3v) is 5.37. The minimum atomic E-state index is 0. The average Bonchev–Trinajstić information content (AvgIpc) is 2.90. The number of nitrogens with two attached hydrogens (primary N) is 1. The van der Waals surface area contributed by atoms with Crippen molar-refractivity contribution in [1.29, 1.82) is 0 Å². The van der Waals surface area contributed by atoms with Gasteiger partial charge in [0, 0.05) is 25.2 Å². The first-order valence-corrected chi connectivity index (χ1v) is 8.30. The van der Waals surface area contributed by atoms with Gasteiger partial charge in [0.05, 0.1) is 0 Å². The molecule has 0 bridgehead atoms. The molecular weight excluding hydrogens is 296 g/mol. The Balaban J connectivity index is 0.00000176. The zero-order valence-corrected chi connectivity index (χ0v) is 14.0. The number of benzene rings is 1. The van der Waals surface area contributed by atoms with Gasteiger partial charge in [0.1, 0.15) is 0 Å². The quantitative estimate of drug-likeness (QED) is 0.860. The number of carbonyl (C=O) groups is 1. The van der Waals surface area contributed by atoms with Crippen LogP contribution in [0.4, 0.5) is 5.69 Å². The van der Waals surface area contributed by atoms with Gasteiger partial charge >= 0.3 is 0 Å². The highest BCUT2D eigenvalue weighted by Gasteiger charge is 2.40. The van der Waals surface area contributed by atoms with E-state index in [0.29, 0.717) is 17.7 Å². The molecule has 1 aliphatic carbocycles. The van der Waals surface area contributed by atoms with Gasteiger partial charge in [-0.1, -0.05) is 37.5 Å². The second-order valence-electron chi connectivity index (χ2n) is 6.82. The summed E-state index contributed by atoms with van der Waals surface area (Å²) in [5, 5.41) is 0. The fourth-order valence-electron chi connectivity index (χ4n) is 4.02. The number of hydrogen-bond donors (Lipinski definition) is 1. The molecule has 22 heavy (non-hydrogen) atoms. The smallest absolute Gasteiger partial charge is 0.222 e. The zero-order valence-electron chi connectivity index (χ0n) is 13.2. The average molecular weight is 323 g/mol. The summed E-state index contributed by atoms with van der Waals surface area (Å²) in [7, 11) is 0. The molecule has 3 nitrogen and oxygen atoms in total. The molecule has 0 aromatic heterocycles. The van der Waals surface area contributed by atoms with Gasteiger partial charge in [0.2, 0.25) is 5.91 Å². The Bertz CT molecular complexity index is 512. The fraction of sp³-hybridized carbons (Fsp3) is 0.611. The lowest BCUT2D eigenvalue weighted by Gasteiger charge is -2.33. The molecule has 1 saturated heterocycles. The number of aryl methyl sites for hydroxylation is 1. The number of halogens is 1. The lowest BCUT2D eigenvalue weighted by atomic mass is 9.73. The molecule has 0 atom stereocenters. The SMILES string of the molecule is Cl.Nc1ccccc1CCC(=O)N1CCC2(CCCCC2)C1. The number of rotatable bonds is 3. The molecule has 1 amide bonds. The molecule has 0 unspecified atom stereocenters. The molecular formula is C18H27ClN2O. The van der Waals surface area contributed by atoms with Gasteiger partial charge in [-0.3, -0.25) is 4.79 Å². The highest BCUT2D eigenvalue weighted by Crippen LogP contribution is 2.43. The van der Waals surface area contributed by atoms with Crippen LogP contribution in [-0.2, 0) is 11.2 Å². The van der Waals surface area contributed by atoms with Crippen LogP contribution in [0.3, 0.4) is 0 Å². The maximum absolute atomic E-state index is 12.4. The number of nitrogens with zero attached hydrogens (tertiary/aromatic N) is 1. The third-order valence-electron chi connectivity index (χ3n) is 5.37. The van der Waals surface area contributed by atoms with E-state index in [2.05, 4.69) is 4.90 Å². The Hall–Kier alpha value is -1.22. The highest BCUT2D eigenvalue weighted by atomic mass is 35.5. The number of likely N-dealkylation sites (tertiary alicyclic amines) is 1. The normalized spacial score (nSPS) is 19.9. The van der Waals surface area contributed by atoms with Gasteiger partial charge in [-0.05, 0) is 42.7 Å². The van der Waals surface area contributed by atoms with Crippen LogP contribution >= 0.6 is 12.4 Å². The second-order valence-corrected chi connectivity index (χ2v) is 6.82. The Morgan fingerprint density at radius 3 is 2.59 bits per heavy atom. The van der Waals surface area contributed by atoms with Crippen LogP contribution in [0.2, 0.25) is 0 Å². The highest BCUT2D eigenvalue weighted by molar-refractivity contribution is 5.85. The molecule has 2 aliphatic rings. The van der Waals surface area contributed by atoms with Gasteiger partial charge in [-0.25, -0.2) is 0 Å². The Labute approximate surface area is 139 Å². The number of amides is 1. The maximum Gasteiger partial charge on any atom is 0.222 e. The fourth-order valence-corrected chi connectivity index (χ4v) is 4.02. The lowest BCUT2D eigenvalue weighted by molar-refractivity contribution is -0.130. The van der Waals surface area contributed by atoms with Gasteiger partial charge in [0.25, 0.3) is 0 Å². The number of anilines is 1. The van der Waals surface area contributed by atoms with Crippen molar-refractivity contribution in [3.8, 4) is 0 Å². The first-order valence-electron chi connectivity index (χ1n) is 8.30. The van der Waals surface area contributed by atoms with E-state index in [1.54, 1.807) is 0 Å². The predicted octanol–water partition coefficient (Wildman–Crippen LogP) is 3.81. The number of nitrogen functional groups attached to an aromatic ring is 1. The number of carbonyl (C=O) groups excluding carboxylic acids is 1. The summed E-state index contributed by atoms with van der Waals surface area (Å²) in [4.78, 5) is 14.5. The summed E-state index contributed by atoms with van der Waals surface area (Å²) in [5.41, 5.74) is 8.30. The largest absolute Gasteiger partial charge is 0.399 e. The first kappa shape index (κ1) is 17.1. The molecule has 1 heterocycles. The van der Waals surface area contributed by atoms with E-state index in [0.717, 1.165) is 30.8 Å². The summed E-state index contributed by atoms with van der Waals surface area (Å²) in [6.45, 7) is 1.96. The van der Waals surface area contributed by atoms with Crippen LogP contribution in [-0.4, -0.2) is 23.9 Å². The van der Waals surface area contributed by atoms with E-state index in [1.807, 2.05) is 24.3 Å². The lowest BCUT2D eigenvalue weighted by Crippen LogP contribution is -2.33. The molecule has 1 spiro atoms. The maximum atomic E-state index is 12.4. The minimum Gasteiger partial charge on any atom is -0.399 e. The zero-order chi connectivity index (χ0) is 14.7. The summed E-state index contributed by atoms with van der Waals surface area (Å²) in [6, 6.07) is 7.86.